The lowest BCUT2D eigenvalue weighted by atomic mass is 10.2. The molecule has 0 aromatic heterocycles. The predicted molar refractivity (Wildman–Crippen MR) is 143 cm³/mol. The molecule has 0 aliphatic heterocycles. The summed E-state index contributed by atoms with van der Waals surface area (Å²) < 4.78 is 75.7. The zero-order valence-corrected chi connectivity index (χ0v) is 22.5. The van der Waals surface area contributed by atoms with Crippen LogP contribution >= 0.6 is 11.6 Å². The molecule has 1 N–H and O–H groups in total. The van der Waals surface area contributed by atoms with Gasteiger partial charge in [-0.15, -0.1) is 0 Å². The molecule has 0 spiro atoms. The third kappa shape index (κ3) is 8.89. The third-order valence-corrected chi connectivity index (χ3v) is 6.48. The maximum Gasteiger partial charge on any atom is 0.416 e. The number of ether oxygens (including phenoxy) is 2. The molecular weight excluding hydrogens is 559 g/mol. The van der Waals surface area contributed by atoms with Crippen molar-refractivity contribution in [2.45, 2.75) is 19.7 Å². The monoisotopic (exact) mass is 583 g/mol. The van der Waals surface area contributed by atoms with Gasteiger partial charge in [-0.3, -0.25) is 9.10 Å². The van der Waals surface area contributed by atoms with E-state index >= 15 is 0 Å². The van der Waals surface area contributed by atoms with E-state index in [0.29, 0.717) is 39.1 Å². The summed E-state index contributed by atoms with van der Waals surface area (Å²) in [7, 11) is -4.08. The number of alkyl halides is 3. The number of carbonyl (C=O) groups excluding carboxylic acids is 1. The molecule has 0 radical (unpaired) electrons. The summed E-state index contributed by atoms with van der Waals surface area (Å²) in [5.41, 5.74) is 2.24. The van der Waals surface area contributed by atoms with Crippen molar-refractivity contribution >= 4 is 39.4 Å². The van der Waals surface area contributed by atoms with Crippen molar-refractivity contribution in [3.05, 3.63) is 88.4 Å². The molecule has 0 aliphatic rings. The van der Waals surface area contributed by atoms with Crippen LogP contribution in [-0.2, 0) is 27.6 Å². The van der Waals surface area contributed by atoms with Crippen molar-refractivity contribution in [3.8, 4) is 11.5 Å². The minimum Gasteiger partial charge on any atom is -0.490 e. The molecule has 3 rings (SSSR count). The Bertz CT molecular complexity index is 1450. The number of amides is 1. The second kappa shape index (κ2) is 12.9. The van der Waals surface area contributed by atoms with Crippen molar-refractivity contribution in [2.24, 2.45) is 5.10 Å². The van der Waals surface area contributed by atoms with Gasteiger partial charge in [0.05, 0.1) is 30.3 Å². The van der Waals surface area contributed by atoms with Gasteiger partial charge in [0.1, 0.15) is 13.2 Å². The number of anilines is 1. The number of hydrogen-bond donors (Lipinski definition) is 1. The Morgan fingerprint density at radius 2 is 1.79 bits per heavy atom. The van der Waals surface area contributed by atoms with Crippen LogP contribution in [0.5, 0.6) is 11.5 Å². The number of hydrogen-bond acceptors (Lipinski definition) is 6. The van der Waals surface area contributed by atoms with Crippen molar-refractivity contribution in [2.75, 3.05) is 23.7 Å². The summed E-state index contributed by atoms with van der Waals surface area (Å²) in [6.45, 7) is 1.65. The van der Waals surface area contributed by atoms with E-state index in [1.807, 2.05) is 12.1 Å². The quantitative estimate of drug-likeness (QED) is 0.246. The third-order valence-electron chi connectivity index (χ3n) is 5.10. The summed E-state index contributed by atoms with van der Waals surface area (Å²) in [5.74, 6) is 0.0473. The Morgan fingerprint density at radius 3 is 2.46 bits per heavy atom. The van der Waals surface area contributed by atoms with E-state index in [0.717, 1.165) is 30.0 Å². The van der Waals surface area contributed by atoms with Gasteiger partial charge in [0.15, 0.2) is 11.5 Å². The summed E-state index contributed by atoms with van der Waals surface area (Å²) in [4.78, 5) is 12.4. The lowest BCUT2D eigenvalue weighted by Crippen LogP contribution is -2.39. The number of hydrazone groups is 1. The van der Waals surface area contributed by atoms with Gasteiger partial charge in [0, 0.05) is 5.02 Å². The van der Waals surface area contributed by atoms with Crippen LogP contribution in [0.2, 0.25) is 5.02 Å². The van der Waals surface area contributed by atoms with Crippen LogP contribution in [0.4, 0.5) is 18.9 Å². The zero-order chi connectivity index (χ0) is 28.6. The highest BCUT2D eigenvalue weighted by Gasteiger charge is 2.32. The smallest absolute Gasteiger partial charge is 0.416 e. The fraction of sp³-hybridized carbons (Fsp3) is 0.231. The van der Waals surface area contributed by atoms with Crippen LogP contribution in [0.3, 0.4) is 0 Å². The van der Waals surface area contributed by atoms with E-state index in [4.69, 9.17) is 21.1 Å². The highest BCUT2D eigenvalue weighted by molar-refractivity contribution is 7.92. The summed E-state index contributed by atoms with van der Waals surface area (Å²) >= 11 is 6.00. The Hall–Kier alpha value is -3.77. The van der Waals surface area contributed by atoms with Crippen LogP contribution in [0.1, 0.15) is 23.6 Å². The lowest BCUT2D eigenvalue weighted by Gasteiger charge is -2.22. The predicted octanol–water partition coefficient (Wildman–Crippen LogP) is 5.25. The average Bonchev–Trinajstić information content (AvgIpc) is 2.86. The summed E-state index contributed by atoms with van der Waals surface area (Å²) in [6, 6.07) is 15.9. The van der Waals surface area contributed by atoms with Crippen LogP contribution < -0.4 is 19.2 Å². The number of carbonyl (C=O) groups is 1. The van der Waals surface area contributed by atoms with Gasteiger partial charge in [-0.25, -0.2) is 13.8 Å². The van der Waals surface area contributed by atoms with E-state index in [1.54, 1.807) is 37.3 Å². The lowest BCUT2D eigenvalue weighted by molar-refractivity contribution is -0.137. The molecule has 8 nitrogen and oxygen atoms in total. The Balaban J connectivity index is 1.68. The molecule has 13 heteroatoms. The Kier molecular flexibility index (Phi) is 9.81. The molecule has 0 aliphatic carbocycles. The molecule has 0 saturated carbocycles. The molecule has 3 aromatic carbocycles. The largest absolute Gasteiger partial charge is 0.490 e. The maximum absolute atomic E-state index is 13.1. The van der Waals surface area contributed by atoms with E-state index in [9.17, 15) is 26.4 Å². The zero-order valence-electron chi connectivity index (χ0n) is 20.9. The van der Waals surface area contributed by atoms with Gasteiger partial charge >= 0.3 is 6.18 Å². The van der Waals surface area contributed by atoms with Crippen molar-refractivity contribution in [1.82, 2.24) is 5.43 Å². The van der Waals surface area contributed by atoms with Crippen LogP contribution in [-0.4, -0.2) is 39.9 Å². The SMILES string of the molecule is CCOc1cc(/C=N\NC(=O)CN(c2cccc(C(F)(F)F)c2)S(C)(=O)=O)ccc1OCc1cccc(Cl)c1. The normalized spacial score (nSPS) is 11.8. The van der Waals surface area contributed by atoms with Gasteiger partial charge in [0.2, 0.25) is 10.0 Å². The minimum absolute atomic E-state index is 0.257. The van der Waals surface area contributed by atoms with E-state index in [2.05, 4.69) is 10.5 Å². The van der Waals surface area contributed by atoms with Crippen LogP contribution in [0, 0.1) is 0 Å². The molecule has 0 heterocycles. The second-order valence-electron chi connectivity index (χ2n) is 8.17. The van der Waals surface area contributed by atoms with E-state index in [-0.39, 0.29) is 12.3 Å². The molecule has 39 heavy (non-hydrogen) atoms. The van der Waals surface area contributed by atoms with Crippen LogP contribution in [0.25, 0.3) is 0 Å². The molecular formula is C26H25ClF3N3O5S. The fourth-order valence-electron chi connectivity index (χ4n) is 3.36. The first-order valence-electron chi connectivity index (χ1n) is 11.5. The number of sulfonamides is 1. The number of nitrogens with one attached hydrogen (secondary N) is 1. The first-order valence-corrected chi connectivity index (χ1v) is 13.7. The highest BCUT2D eigenvalue weighted by Crippen LogP contribution is 2.32. The Labute approximate surface area is 229 Å². The number of benzene rings is 3. The first-order chi connectivity index (χ1) is 18.4. The Morgan fingerprint density at radius 1 is 1.05 bits per heavy atom. The van der Waals surface area contributed by atoms with Crippen molar-refractivity contribution < 1.29 is 35.9 Å². The molecule has 1 amide bonds. The minimum atomic E-state index is -4.68. The molecule has 0 unspecified atom stereocenters. The van der Waals surface area contributed by atoms with E-state index < -0.39 is 34.2 Å². The van der Waals surface area contributed by atoms with Gasteiger partial charge < -0.3 is 9.47 Å². The van der Waals surface area contributed by atoms with Gasteiger partial charge in [-0.05, 0) is 66.6 Å². The topological polar surface area (TPSA) is 97.3 Å². The van der Waals surface area contributed by atoms with Crippen molar-refractivity contribution in [1.29, 1.82) is 0 Å². The summed E-state index contributed by atoms with van der Waals surface area (Å²) in [6.07, 6.45) is -2.59. The number of nitrogens with zero attached hydrogens (tertiary/aromatic N) is 2. The van der Waals surface area contributed by atoms with Crippen molar-refractivity contribution in [3.63, 3.8) is 0 Å². The standard InChI is InChI=1S/C26H25ClF3N3O5S/c1-3-37-24-13-18(10-11-23(24)38-17-19-6-4-8-21(27)12-19)15-31-32-25(34)16-33(39(2,35)36)22-9-5-7-20(14-22)26(28,29)30/h4-15H,3,16-17H2,1-2H3,(H,32,34)/b31-15-. The first kappa shape index (κ1) is 29.8. The highest BCUT2D eigenvalue weighted by atomic mass is 35.5. The fourth-order valence-corrected chi connectivity index (χ4v) is 4.42. The van der Waals surface area contributed by atoms with Gasteiger partial charge in [0.25, 0.3) is 5.91 Å². The van der Waals surface area contributed by atoms with Gasteiger partial charge in [-0.2, -0.15) is 18.3 Å². The maximum atomic E-state index is 13.1. The molecule has 3 aromatic rings. The number of rotatable bonds is 11. The van der Waals surface area contributed by atoms with Crippen LogP contribution in [0.15, 0.2) is 71.8 Å². The number of halogens is 4. The molecule has 208 valence electrons. The molecule has 0 fully saturated rings. The molecule has 0 bridgehead atoms. The van der Waals surface area contributed by atoms with E-state index in [1.165, 1.54) is 6.21 Å². The summed E-state index contributed by atoms with van der Waals surface area (Å²) in [5, 5.41) is 4.41. The van der Waals surface area contributed by atoms with Gasteiger partial charge in [-0.1, -0.05) is 29.8 Å². The molecule has 0 atom stereocenters. The second-order valence-corrected chi connectivity index (χ2v) is 10.5. The average molecular weight is 584 g/mol. The molecule has 0 saturated heterocycles.